The van der Waals surface area contributed by atoms with Gasteiger partial charge in [0.1, 0.15) is 0 Å². The summed E-state index contributed by atoms with van der Waals surface area (Å²) in [7, 11) is 0. The molecule has 0 unspecified atom stereocenters. The van der Waals surface area contributed by atoms with Gasteiger partial charge in [0.15, 0.2) is 0 Å². The van der Waals surface area contributed by atoms with Gasteiger partial charge in [-0.1, -0.05) is 18.2 Å². The molecule has 1 aromatic heterocycles. The number of hydrogen-bond acceptors (Lipinski definition) is 3. The Labute approximate surface area is 91.8 Å². The minimum Gasteiger partial charge on any atom is -0.351 e. The number of thiazole rings is 1. The molecule has 0 atom stereocenters. The molecule has 0 fully saturated rings. The van der Waals surface area contributed by atoms with Crippen molar-refractivity contribution in [3.8, 4) is 0 Å². The second-order valence-corrected chi connectivity index (χ2v) is 4.43. The molecule has 0 saturated carbocycles. The van der Waals surface area contributed by atoms with Gasteiger partial charge in [-0.05, 0) is 6.92 Å². The van der Waals surface area contributed by atoms with Gasteiger partial charge in [0.25, 0.3) is 0 Å². The summed E-state index contributed by atoms with van der Waals surface area (Å²) in [6.07, 6.45) is 0.300. The lowest BCUT2D eigenvalue weighted by atomic mass is 10.3. The number of rotatable bonds is 4. The first-order valence-electron chi connectivity index (χ1n) is 4.09. The molecule has 14 heavy (non-hydrogen) atoms. The number of aryl methyl sites for hydroxylation is 1. The maximum Gasteiger partial charge on any atom is 0.226 e. The normalized spacial score (nSPS) is 9.86. The maximum atomic E-state index is 11.3. The third-order valence-electron chi connectivity index (χ3n) is 1.49. The number of aromatic nitrogens is 1. The summed E-state index contributed by atoms with van der Waals surface area (Å²) in [6, 6.07) is 0. The minimum absolute atomic E-state index is 0.0860. The van der Waals surface area contributed by atoms with Crippen LogP contribution in [0.1, 0.15) is 10.7 Å². The quantitative estimate of drug-likeness (QED) is 0.858. The molecule has 1 aromatic rings. The van der Waals surface area contributed by atoms with E-state index in [2.05, 4.69) is 16.9 Å². The number of carbonyl (C=O) groups is 1. The summed E-state index contributed by atoms with van der Waals surface area (Å²) in [4.78, 5) is 15.5. The third-order valence-corrected chi connectivity index (χ3v) is 2.44. The molecule has 5 heteroatoms. The van der Waals surface area contributed by atoms with Crippen LogP contribution in [-0.2, 0) is 11.2 Å². The van der Waals surface area contributed by atoms with Gasteiger partial charge in [0.05, 0.1) is 23.7 Å². The first-order chi connectivity index (χ1) is 6.58. The third kappa shape index (κ3) is 3.89. The Morgan fingerprint density at radius 2 is 2.50 bits per heavy atom. The number of halogens is 1. The Kier molecular flexibility index (Phi) is 4.10. The van der Waals surface area contributed by atoms with Crippen LogP contribution >= 0.6 is 22.9 Å². The van der Waals surface area contributed by atoms with E-state index >= 15 is 0 Å². The van der Waals surface area contributed by atoms with Crippen LogP contribution in [0.2, 0.25) is 0 Å². The van der Waals surface area contributed by atoms with E-state index in [0.29, 0.717) is 18.0 Å². The molecule has 0 aliphatic carbocycles. The smallest absolute Gasteiger partial charge is 0.226 e. The molecule has 0 radical (unpaired) electrons. The molecule has 0 aliphatic heterocycles. The van der Waals surface area contributed by atoms with E-state index in [-0.39, 0.29) is 5.91 Å². The van der Waals surface area contributed by atoms with E-state index in [1.54, 1.807) is 0 Å². The molecular weight excluding hydrogens is 220 g/mol. The van der Waals surface area contributed by atoms with E-state index in [9.17, 15) is 4.79 Å². The van der Waals surface area contributed by atoms with Crippen molar-refractivity contribution in [2.24, 2.45) is 0 Å². The highest BCUT2D eigenvalue weighted by atomic mass is 35.5. The maximum absolute atomic E-state index is 11.3. The lowest BCUT2D eigenvalue weighted by molar-refractivity contribution is -0.120. The van der Waals surface area contributed by atoms with Crippen molar-refractivity contribution in [2.45, 2.75) is 13.3 Å². The Morgan fingerprint density at radius 3 is 3.00 bits per heavy atom. The molecule has 76 valence electrons. The van der Waals surface area contributed by atoms with Crippen LogP contribution in [0.5, 0.6) is 0 Å². The fourth-order valence-corrected chi connectivity index (χ4v) is 1.59. The molecule has 3 nitrogen and oxygen atoms in total. The fraction of sp³-hybridized carbons (Fsp3) is 0.333. The number of hydrogen-bond donors (Lipinski definition) is 1. The summed E-state index contributed by atoms with van der Waals surface area (Å²) in [5.74, 6) is -0.0860. The highest BCUT2D eigenvalue weighted by Crippen LogP contribution is 2.08. The lowest BCUT2D eigenvalue weighted by Gasteiger charge is -2.01. The minimum atomic E-state index is -0.0860. The summed E-state index contributed by atoms with van der Waals surface area (Å²) in [5, 5.41) is 5.90. The average Bonchev–Trinajstić information content (AvgIpc) is 2.48. The van der Waals surface area contributed by atoms with Gasteiger partial charge in [-0.3, -0.25) is 4.79 Å². The molecule has 0 bridgehead atoms. The average molecular weight is 231 g/mol. The van der Waals surface area contributed by atoms with E-state index in [0.717, 1.165) is 10.7 Å². The van der Waals surface area contributed by atoms with Crippen LogP contribution in [0.4, 0.5) is 0 Å². The van der Waals surface area contributed by atoms with Crippen molar-refractivity contribution >= 4 is 28.8 Å². The van der Waals surface area contributed by atoms with Crippen molar-refractivity contribution < 1.29 is 4.79 Å². The lowest BCUT2D eigenvalue weighted by Crippen LogP contribution is -2.26. The fourth-order valence-electron chi connectivity index (χ4n) is 0.911. The van der Waals surface area contributed by atoms with Crippen molar-refractivity contribution in [1.82, 2.24) is 10.3 Å². The number of amides is 1. The van der Waals surface area contributed by atoms with E-state index in [1.165, 1.54) is 11.3 Å². The second-order valence-electron chi connectivity index (χ2n) is 2.83. The Hall–Kier alpha value is -0.870. The number of carbonyl (C=O) groups excluding carboxylic acids is 1. The predicted molar refractivity (Wildman–Crippen MR) is 58.6 cm³/mol. The molecule has 1 amide bonds. The van der Waals surface area contributed by atoms with Gasteiger partial charge in [-0.15, -0.1) is 11.3 Å². The van der Waals surface area contributed by atoms with E-state index in [4.69, 9.17) is 11.6 Å². The molecule has 1 N–H and O–H groups in total. The molecule has 0 saturated heterocycles. The largest absolute Gasteiger partial charge is 0.351 e. The number of nitrogens with zero attached hydrogens (tertiary/aromatic N) is 1. The van der Waals surface area contributed by atoms with Crippen LogP contribution < -0.4 is 5.32 Å². The highest BCUT2D eigenvalue weighted by molar-refractivity contribution is 7.09. The summed E-state index contributed by atoms with van der Waals surface area (Å²) < 4.78 is 0. The van der Waals surface area contributed by atoms with Crippen molar-refractivity contribution in [3.63, 3.8) is 0 Å². The van der Waals surface area contributed by atoms with Gasteiger partial charge >= 0.3 is 0 Å². The van der Waals surface area contributed by atoms with Gasteiger partial charge < -0.3 is 5.32 Å². The molecule has 0 spiro atoms. The zero-order valence-corrected chi connectivity index (χ0v) is 9.41. The summed E-state index contributed by atoms with van der Waals surface area (Å²) >= 11 is 7.04. The molecular formula is C9H11ClN2OS. The molecule has 0 aliphatic rings. The Bertz CT molecular complexity index is 348. The second kappa shape index (κ2) is 5.12. The zero-order valence-electron chi connectivity index (χ0n) is 7.84. The van der Waals surface area contributed by atoms with Gasteiger partial charge in [0, 0.05) is 10.4 Å². The first-order valence-corrected chi connectivity index (χ1v) is 5.34. The van der Waals surface area contributed by atoms with Crippen molar-refractivity contribution in [2.75, 3.05) is 6.54 Å². The molecule has 1 heterocycles. The van der Waals surface area contributed by atoms with Crippen LogP contribution in [0.15, 0.2) is 17.0 Å². The van der Waals surface area contributed by atoms with Crippen LogP contribution in [0.3, 0.4) is 0 Å². The van der Waals surface area contributed by atoms with Crippen LogP contribution in [-0.4, -0.2) is 17.4 Å². The summed E-state index contributed by atoms with van der Waals surface area (Å²) in [5.41, 5.74) is 0.796. The predicted octanol–water partition coefficient (Wildman–Crippen LogP) is 1.86. The van der Waals surface area contributed by atoms with Crippen LogP contribution in [0, 0.1) is 6.92 Å². The SMILES string of the molecule is C=C(Cl)CNC(=O)Cc1csc(C)n1. The standard InChI is InChI=1S/C9H11ClN2OS/c1-6(10)4-11-9(13)3-8-5-14-7(2)12-8/h5H,1,3-4H2,2H3,(H,11,13). The van der Waals surface area contributed by atoms with Crippen molar-refractivity contribution in [3.05, 3.63) is 27.7 Å². The first kappa shape index (κ1) is 11.2. The Balaban J connectivity index is 2.37. The van der Waals surface area contributed by atoms with Crippen LogP contribution in [0.25, 0.3) is 0 Å². The van der Waals surface area contributed by atoms with E-state index in [1.807, 2.05) is 12.3 Å². The monoisotopic (exact) mass is 230 g/mol. The van der Waals surface area contributed by atoms with E-state index < -0.39 is 0 Å². The number of nitrogens with one attached hydrogen (secondary N) is 1. The van der Waals surface area contributed by atoms with Gasteiger partial charge in [-0.2, -0.15) is 0 Å². The summed E-state index contributed by atoms with van der Waals surface area (Å²) in [6.45, 7) is 5.69. The highest BCUT2D eigenvalue weighted by Gasteiger charge is 2.05. The Morgan fingerprint density at radius 1 is 1.79 bits per heavy atom. The molecule has 1 rings (SSSR count). The zero-order chi connectivity index (χ0) is 10.6. The topological polar surface area (TPSA) is 42.0 Å². The van der Waals surface area contributed by atoms with Crippen molar-refractivity contribution in [1.29, 1.82) is 0 Å². The van der Waals surface area contributed by atoms with Gasteiger partial charge in [0.2, 0.25) is 5.91 Å². The van der Waals surface area contributed by atoms with Gasteiger partial charge in [-0.25, -0.2) is 4.98 Å². The molecule has 0 aromatic carbocycles.